The number of imide groups is 1. The first-order valence-electron chi connectivity index (χ1n) is 11.0. The van der Waals surface area contributed by atoms with Gasteiger partial charge in [-0.1, -0.05) is 24.3 Å². The fourth-order valence-corrected chi connectivity index (χ4v) is 3.92. The van der Waals surface area contributed by atoms with Gasteiger partial charge in [-0.3, -0.25) is 24.1 Å². The molecule has 2 aromatic rings. The van der Waals surface area contributed by atoms with Gasteiger partial charge in [-0.15, -0.1) is 0 Å². The van der Waals surface area contributed by atoms with Gasteiger partial charge in [-0.2, -0.15) is 0 Å². The Labute approximate surface area is 207 Å². The smallest absolute Gasteiger partial charge is 0.326 e. The summed E-state index contributed by atoms with van der Waals surface area (Å²) in [5.74, 6) is -0.811. The van der Waals surface area contributed by atoms with Crippen LogP contribution in [0.15, 0.2) is 53.4 Å². The minimum absolute atomic E-state index is 0.172. The van der Waals surface area contributed by atoms with E-state index >= 15 is 0 Å². The fraction of sp³-hybridized carbons (Fsp3) is 0.280. The van der Waals surface area contributed by atoms with Crippen LogP contribution in [-0.4, -0.2) is 53.8 Å². The molecule has 0 bridgehead atoms. The van der Waals surface area contributed by atoms with Crippen molar-refractivity contribution in [2.45, 2.75) is 26.9 Å². The number of hydrogen-bond donors (Lipinski definition) is 1. The fourth-order valence-electron chi connectivity index (χ4n) is 3.08. The Balaban J connectivity index is 1.68. The van der Waals surface area contributed by atoms with Crippen LogP contribution in [0.2, 0.25) is 0 Å². The van der Waals surface area contributed by atoms with Crippen molar-refractivity contribution >= 4 is 46.5 Å². The lowest BCUT2D eigenvalue weighted by Gasteiger charge is -2.13. The SMILES string of the molecule is CCOc1cc(/C=C2\SC(=O)N(CC(=O)OC(C)C)C2=O)ccc1OCC(=O)Nc1ccccc1. The molecule has 3 amide bonds. The number of ether oxygens (including phenoxy) is 3. The van der Waals surface area contributed by atoms with E-state index in [0.29, 0.717) is 29.4 Å². The number of rotatable bonds is 10. The molecule has 1 N–H and O–H groups in total. The summed E-state index contributed by atoms with van der Waals surface area (Å²) in [7, 11) is 0. The van der Waals surface area contributed by atoms with E-state index in [1.165, 1.54) is 6.08 Å². The third-order valence-electron chi connectivity index (χ3n) is 4.51. The molecular weight excluding hydrogens is 472 g/mol. The standard InChI is InChI=1S/C25H26N2O7S/c1-4-32-20-12-17(10-11-19(20)33-15-22(28)26-18-8-6-5-7-9-18)13-21-24(30)27(25(31)35-21)14-23(29)34-16(2)3/h5-13,16H,4,14-15H2,1-3H3,(H,26,28)/b21-13-. The van der Waals surface area contributed by atoms with Crippen LogP contribution >= 0.6 is 11.8 Å². The van der Waals surface area contributed by atoms with Crippen molar-refractivity contribution < 1.29 is 33.4 Å². The Kier molecular flexibility index (Phi) is 8.91. The highest BCUT2D eigenvalue weighted by Gasteiger charge is 2.36. The maximum atomic E-state index is 12.7. The summed E-state index contributed by atoms with van der Waals surface area (Å²) >= 11 is 0.742. The van der Waals surface area contributed by atoms with Crippen molar-refractivity contribution in [2.24, 2.45) is 0 Å². The number of anilines is 1. The summed E-state index contributed by atoms with van der Waals surface area (Å²) in [6, 6.07) is 14.0. The van der Waals surface area contributed by atoms with Crippen molar-refractivity contribution in [3.8, 4) is 11.5 Å². The Hall–Kier alpha value is -3.79. The van der Waals surface area contributed by atoms with Gasteiger partial charge in [0.05, 0.1) is 17.6 Å². The van der Waals surface area contributed by atoms with E-state index in [1.54, 1.807) is 51.1 Å². The minimum Gasteiger partial charge on any atom is -0.490 e. The first kappa shape index (κ1) is 25.8. The number of carbonyl (C=O) groups is 4. The number of thioether (sulfide) groups is 1. The number of amides is 3. The second-order valence-electron chi connectivity index (χ2n) is 7.65. The highest BCUT2D eigenvalue weighted by Crippen LogP contribution is 2.34. The third-order valence-corrected chi connectivity index (χ3v) is 5.42. The maximum Gasteiger partial charge on any atom is 0.326 e. The monoisotopic (exact) mass is 498 g/mol. The largest absolute Gasteiger partial charge is 0.490 e. The van der Waals surface area contributed by atoms with E-state index in [2.05, 4.69) is 5.32 Å². The van der Waals surface area contributed by atoms with Crippen LogP contribution in [0.1, 0.15) is 26.3 Å². The summed E-state index contributed by atoms with van der Waals surface area (Å²) in [4.78, 5) is 50.0. The predicted octanol–water partition coefficient (Wildman–Crippen LogP) is 4.09. The molecular formula is C25H26N2O7S. The zero-order valence-electron chi connectivity index (χ0n) is 19.6. The van der Waals surface area contributed by atoms with Crippen molar-refractivity contribution in [3.63, 3.8) is 0 Å². The molecule has 35 heavy (non-hydrogen) atoms. The summed E-state index contributed by atoms with van der Waals surface area (Å²) in [5, 5.41) is 2.19. The number of benzene rings is 2. The molecule has 0 aliphatic carbocycles. The van der Waals surface area contributed by atoms with E-state index in [0.717, 1.165) is 16.7 Å². The van der Waals surface area contributed by atoms with Crippen LogP contribution in [0.5, 0.6) is 11.5 Å². The number of nitrogens with one attached hydrogen (secondary N) is 1. The van der Waals surface area contributed by atoms with Crippen LogP contribution in [0.3, 0.4) is 0 Å². The van der Waals surface area contributed by atoms with Gasteiger partial charge in [-0.05, 0) is 68.4 Å². The maximum absolute atomic E-state index is 12.7. The zero-order valence-corrected chi connectivity index (χ0v) is 20.4. The Bertz CT molecular complexity index is 1130. The van der Waals surface area contributed by atoms with Crippen molar-refractivity contribution in [2.75, 3.05) is 25.1 Å². The van der Waals surface area contributed by atoms with Gasteiger partial charge in [-0.25, -0.2) is 0 Å². The molecule has 0 radical (unpaired) electrons. The molecule has 0 atom stereocenters. The Morgan fingerprint density at radius 1 is 1.06 bits per heavy atom. The quantitative estimate of drug-likeness (QED) is 0.385. The molecule has 0 aromatic heterocycles. The molecule has 10 heteroatoms. The van der Waals surface area contributed by atoms with Gasteiger partial charge in [0.1, 0.15) is 6.54 Å². The minimum atomic E-state index is -0.653. The van der Waals surface area contributed by atoms with E-state index in [-0.39, 0.29) is 23.5 Å². The van der Waals surface area contributed by atoms with Crippen LogP contribution in [0.4, 0.5) is 10.5 Å². The average molecular weight is 499 g/mol. The highest BCUT2D eigenvalue weighted by molar-refractivity contribution is 8.18. The molecule has 1 heterocycles. The molecule has 0 saturated carbocycles. The van der Waals surface area contributed by atoms with Crippen LogP contribution in [0, 0.1) is 0 Å². The zero-order chi connectivity index (χ0) is 25.4. The topological polar surface area (TPSA) is 111 Å². The lowest BCUT2D eigenvalue weighted by Crippen LogP contribution is -2.35. The third kappa shape index (κ3) is 7.35. The second kappa shape index (κ2) is 12.1. The first-order chi connectivity index (χ1) is 16.8. The predicted molar refractivity (Wildman–Crippen MR) is 132 cm³/mol. The summed E-state index contributed by atoms with van der Waals surface area (Å²) in [6.45, 7) is 4.86. The number of carbonyl (C=O) groups excluding carboxylic acids is 4. The summed E-state index contributed by atoms with van der Waals surface area (Å²) in [5.41, 5.74) is 1.25. The number of esters is 1. The highest BCUT2D eigenvalue weighted by atomic mass is 32.2. The lowest BCUT2D eigenvalue weighted by atomic mass is 10.2. The van der Waals surface area contributed by atoms with Gasteiger partial charge in [0.25, 0.3) is 17.1 Å². The molecule has 0 spiro atoms. The van der Waals surface area contributed by atoms with Gasteiger partial charge >= 0.3 is 5.97 Å². The first-order valence-corrected chi connectivity index (χ1v) is 11.8. The normalized spacial score (nSPS) is 14.4. The van der Waals surface area contributed by atoms with Crippen LogP contribution in [-0.2, 0) is 19.1 Å². The van der Waals surface area contributed by atoms with E-state index < -0.39 is 23.7 Å². The molecule has 2 aromatic carbocycles. The summed E-state index contributed by atoms with van der Waals surface area (Å²) in [6.07, 6.45) is 1.19. The molecule has 1 fully saturated rings. The number of para-hydroxylation sites is 1. The molecule has 184 valence electrons. The molecule has 1 saturated heterocycles. The van der Waals surface area contributed by atoms with Crippen molar-refractivity contribution in [1.29, 1.82) is 0 Å². The van der Waals surface area contributed by atoms with Crippen LogP contribution < -0.4 is 14.8 Å². The van der Waals surface area contributed by atoms with Crippen LogP contribution in [0.25, 0.3) is 6.08 Å². The van der Waals surface area contributed by atoms with E-state index in [4.69, 9.17) is 14.2 Å². The van der Waals surface area contributed by atoms with Gasteiger partial charge in [0, 0.05) is 5.69 Å². The average Bonchev–Trinajstić information content (AvgIpc) is 3.06. The van der Waals surface area contributed by atoms with Crippen molar-refractivity contribution in [3.05, 3.63) is 59.0 Å². The van der Waals surface area contributed by atoms with E-state index in [1.807, 2.05) is 18.2 Å². The molecule has 3 rings (SSSR count). The van der Waals surface area contributed by atoms with Gasteiger partial charge in [0.15, 0.2) is 18.1 Å². The summed E-state index contributed by atoms with van der Waals surface area (Å²) < 4.78 is 16.3. The van der Waals surface area contributed by atoms with Gasteiger partial charge in [0.2, 0.25) is 0 Å². The lowest BCUT2D eigenvalue weighted by molar-refractivity contribution is -0.149. The number of nitrogens with zero attached hydrogens (tertiary/aromatic N) is 1. The molecule has 9 nitrogen and oxygen atoms in total. The van der Waals surface area contributed by atoms with Crippen molar-refractivity contribution in [1.82, 2.24) is 4.90 Å². The Morgan fingerprint density at radius 2 is 1.80 bits per heavy atom. The second-order valence-corrected chi connectivity index (χ2v) is 8.64. The Morgan fingerprint density at radius 3 is 2.49 bits per heavy atom. The molecule has 1 aliphatic rings. The van der Waals surface area contributed by atoms with E-state index in [9.17, 15) is 19.2 Å². The number of hydrogen-bond acceptors (Lipinski definition) is 8. The van der Waals surface area contributed by atoms with Gasteiger partial charge < -0.3 is 19.5 Å². The molecule has 1 aliphatic heterocycles. The molecule has 0 unspecified atom stereocenters.